The first kappa shape index (κ1) is 22.1. The molecule has 0 fully saturated rings. The van der Waals surface area contributed by atoms with Gasteiger partial charge in [-0.05, 0) is 45.6 Å². The lowest BCUT2D eigenvalue weighted by Gasteiger charge is -2.26. The molecule has 0 N–H and O–H groups in total. The maximum Gasteiger partial charge on any atom is 0.342 e. The van der Waals surface area contributed by atoms with Gasteiger partial charge in [0.15, 0.2) is 0 Å². The Morgan fingerprint density at radius 2 is 1.77 bits per heavy atom. The minimum absolute atomic E-state index is 0.0563. The summed E-state index contributed by atoms with van der Waals surface area (Å²) in [4.78, 5) is 26.8. The van der Waals surface area contributed by atoms with E-state index >= 15 is 0 Å². The zero-order valence-corrected chi connectivity index (χ0v) is 18.6. The van der Waals surface area contributed by atoms with Crippen molar-refractivity contribution < 1.29 is 23.8 Å². The van der Waals surface area contributed by atoms with Crippen molar-refractivity contribution in [3.63, 3.8) is 0 Å². The molecule has 7 heteroatoms. The molecule has 0 amide bonds. The highest BCUT2D eigenvalue weighted by Gasteiger charge is 2.26. The van der Waals surface area contributed by atoms with Crippen molar-refractivity contribution in [2.75, 3.05) is 33.9 Å². The summed E-state index contributed by atoms with van der Waals surface area (Å²) in [6.45, 7) is 3.00. The first-order valence-corrected chi connectivity index (χ1v) is 10.4. The van der Waals surface area contributed by atoms with Crippen LogP contribution < -0.4 is 4.74 Å². The van der Waals surface area contributed by atoms with Gasteiger partial charge in [-0.25, -0.2) is 9.59 Å². The van der Waals surface area contributed by atoms with E-state index in [2.05, 4.69) is 39.0 Å². The van der Waals surface area contributed by atoms with Crippen LogP contribution in [-0.2, 0) is 16.0 Å². The second kappa shape index (κ2) is 10.4. The van der Waals surface area contributed by atoms with Crippen molar-refractivity contribution in [1.82, 2.24) is 4.90 Å². The number of nitrogens with zero attached hydrogens (tertiary/aromatic N) is 1. The number of hydrogen-bond donors (Lipinski definition) is 0. The van der Waals surface area contributed by atoms with Crippen LogP contribution in [0.5, 0.6) is 5.75 Å². The lowest BCUT2D eigenvalue weighted by Crippen LogP contribution is -2.29. The quantitative estimate of drug-likeness (QED) is 0.442. The van der Waals surface area contributed by atoms with Crippen molar-refractivity contribution in [1.29, 1.82) is 0 Å². The second-order valence-corrected chi connectivity index (χ2v) is 7.76. The van der Waals surface area contributed by atoms with Gasteiger partial charge in [-0.1, -0.05) is 36.4 Å². The summed E-state index contributed by atoms with van der Waals surface area (Å²) >= 11 is 3.41. The van der Waals surface area contributed by atoms with Crippen LogP contribution >= 0.6 is 15.9 Å². The lowest BCUT2D eigenvalue weighted by atomic mass is 10.1. The second-order valence-electron chi connectivity index (χ2n) is 6.90. The Labute approximate surface area is 184 Å². The van der Waals surface area contributed by atoms with Crippen molar-refractivity contribution in [2.45, 2.75) is 13.0 Å². The van der Waals surface area contributed by atoms with Gasteiger partial charge in [0.2, 0.25) is 0 Å². The Bertz CT molecular complexity index is 942. The average molecular weight is 474 g/mol. The van der Waals surface area contributed by atoms with Gasteiger partial charge in [0.1, 0.15) is 17.9 Å². The Balaban J connectivity index is 1.71. The Morgan fingerprint density at radius 3 is 2.40 bits per heavy atom. The van der Waals surface area contributed by atoms with Crippen LogP contribution in [0.15, 0.2) is 58.6 Å². The standard InChI is InChI=1S/C23H24BrNO5/c1-28-22(26)18-8-9-19(24)21(20(18)23(27)29-2)30-15-17-10-12-25(13-11-17)14-16-6-4-3-5-7-16/h3-10H,11-15H2,1-2H3. The molecule has 0 aromatic heterocycles. The lowest BCUT2D eigenvalue weighted by molar-refractivity contribution is 0.0551. The van der Waals surface area contributed by atoms with Crippen LogP contribution in [0.4, 0.5) is 0 Å². The molecule has 6 nitrogen and oxygen atoms in total. The number of hydrogen-bond acceptors (Lipinski definition) is 6. The van der Waals surface area contributed by atoms with Gasteiger partial charge in [0.05, 0.1) is 24.3 Å². The molecule has 30 heavy (non-hydrogen) atoms. The molecular weight excluding hydrogens is 450 g/mol. The summed E-state index contributed by atoms with van der Waals surface area (Å²) in [6, 6.07) is 13.5. The fourth-order valence-electron chi connectivity index (χ4n) is 3.32. The van der Waals surface area contributed by atoms with Gasteiger partial charge in [0, 0.05) is 19.6 Å². The van der Waals surface area contributed by atoms with Gasteiger partial charge >= 0.3 is 11.9 Å². The molecule has 1 aliphatic rings. The van der Waals surface area contributed by atoms with Gasteiger partial charge in [-0.15, -0.1) is 0 Å². The molecule has 2 aromatic rings. The minimum atomic E-state index is -0.654. The third kappa shape index (κ3) is 5.29. The molecule has 158 valence electrons. The molecule has 0 unspecified atom stereocenters. The van der Waals surface area contributed by atoms with Gasteiger partial charge in [0.25, 0.3) is 0 Å². The normalized spacial score (nSPS) is 14.0. The van der Waals surface area contributed by atoms with E-state index in [0.717, 1.165) is 31.6 Å². The minimum Gasteiger partial charge on any atom is -0.487 e. The fraction of sp³-hybridized carbons (Fsp3) is 0.304. The number of esters is 2. The summed E-state index contributed by atoms with van der Waals surface area (Å²) in [5.41, 5.74) is 2.59. The topological polar surface area (TPSA) is 65.1 Å². The maximum atomic E-state index is 12.3. The Morgan fingerprint density at radius 1 is 1.03 bits per heavy atom. The van der Waals surface area contributed by atoms with E-state index in [1.807, 2.05) is 18.2 Å². The van der Waals surface area contributed by atoms with Crippen LogP contribution in [0.1, 0.15) is 32.7 Å². The molecule has 1 aliphatic heterocycles. The van der Waals surface area contributed by atoms with Crippen molar-refractivity contribution in [3.8, 4) is 5.75 Å². The van der Waals surface area contributed by atoms with Crippen LogP contribution in [0.25, 0.3) is 0 Å². The first-order valence-electron chi connectivity index (χ1n) is 9.59. The summed E-state index contributed by atoms with van der Waals surface area (Å²) in [7, 11) is 2.53. The van der Waals surface area contributed by atoms with Gasteiger partial charge < -0.3 is 14.2 Å². The summed E-state index contributed by atoms with van der Waals surface area (Å²) in [5.74, 6) is -1.00. The van der Waals surface area contributed by atoms with Gasteiger partial charge in [-0.2, -0.15) is 0 Å². The molecule has 0 aliphatic carbocycles. The van der Waals surface area contributed by atoms with Crippen molar-refractivity contribution >= 4 is 27.9 Å². The third-order valence-electron chi connectivity index (χ3n) is 4.94. The summed E-state index contributed by atoms with van der Waals surface area (Å²) in [6.07, 6.45) is 3.02. The van der Waals surface area contributed by atoms with E-state index in [0.29, 0.717) is 11.1 Å². The maximum absolute atomic E-state index is 12.3. The van der Waals surface area contributed by atoms with Gasteiger partial charge in [-0.3, -0.25) is 4.90 Å². The zero-order chi connectivity index (χ0) is 21.5. The Hall–Kier alpha value is -2.64. The molecule has 3 rings (SSSR count). The third-order valence-corrected chi connectivity index (χ3v) is 5.57. The summed E-state index contributed by atoms with van der Waals surface area (Å²) < 4.78 is 16.2. The van der Waals surface area contributed by atoms with E-state index in [4.69, 9.17) is 14.2 Å². The van der Waals surface area contributed by atoms with Crippen LogP contribution in [0.3, 0.4) is 0 Å². The highest BCUT2D eigenvalue weighted by atomic mass is 79.9. The molecule has 0 bridgehead atoms. The fourth-order valence-corrected chi connectivity index (χ4v) is 3.76. The molecule has 0 saturated heterocycles. The summed E-state index contributed by atoms with van der Waals surface area (Å²) in [5, 5.41) is 0. The predicted molar refractivity (Wildman–Crippen MR) is 117 cm³/mol. The predicted octanol–water partition coefficient (Wildman–Crippen LogP) is 4.23. The number of carbonyl (C=O) groups is 2. The number of rotatable bonds is 7. The van der Waals surface area contributed by atoms with E-state index < -0.39 is 11.9 Å². The van der Waals surface area contributed by atoms with Crippen molar-refractivity contribution in [2.24, 2.45) is 0 Å². The number of ether oxygens (including phenoxy) is 3. The highest BCUT2D eigenvalue weighted by Crippen LogP contribution is 2.33. The van der Waals surface area contributed by atoms with E-state index in [9.17, 15) is 9.59 Å². The number of halogens is 1. The smallest absolute Gasteiger partial charge is 0.342 e. The molecule has 0 saturated carbocycles. The molecule has 0 radical (unpaired) electrons. The molecule has 1 heterocycles. The highest BCUT2D eigenvalue weighted by molar-refractivity contribution is 9.10. The van der Waals surface area contributed by atoms with E-state index in [1.165, 1.54) is 25.8 Å². The number of carbonyl (C=O) groups excluding carboxylic acids is 2. The van der Waals surface area contributed by atoms with Crippen molar-refractivity contribution in [3.05, 3.63) is 75.3 Å². The van der Waals surface area contributed by atoms with Crippen LogP contribution in [-0.4, -0.2) is 50.8 Å². The average Bonchev–Trinajstić information content (AvgIpc) is 2.78. The molecular formula is C23H24BrNO5. The molecule has 2 aromatic carbocycles. The zero-order valence-electron chi connectivity index (χ0n) is 17.0. The Kier molecular flexibility index (Phi) is 7.65. The number of methoxy groups -OCH3 is 2. The monoisotopic (exact) mass is 473 g/mol. The van der Waals surface area contributed by atoms with E-state index in [1.54, 1.807) is 6.07 Å². The molecule has 0 atom stereocenters. The SMILES string of the molecule is COC(=O)c1ccc(Br)c(OCC2=CCN(Cc3ccccc3)CC2)c1C(=O)OC. The number of benzene rings is 2. The first-order chi connectivity index (χ1) is 14.5. The van der Waals surface area contributed by atoms with Crippen LogP contribution in [0, 0.1) is 0 Å². The largest absolute Gasteiger partial charge is 0.487 e. The van der Waals surface area contributed by atoms with Crippen LogP contribution in [0.2, 0.25) is 0 Å². The van der Waals surface area contributed by atoms with E-state index in [-0.39, 0.29) is 16.9 Å². The molecule has 0 spiro atoms.